The summed E-state index contributed by atoms with van der Waals surface area (Å²) >= 11 is 5.89. The number of rotatable bonds is 3. The van der Waals surface area contributed by atoms with Crippen LogP contribution in [0.25, 0.3) is 21.7 Å². The standard InChI is InChI=1S/C21H15ClO3/c1-13-10-16(24-12-14-6-8-15(22)9-7-14)11-19-20(13)17-4-2-3-5-18(17)21(23)25-19/h2-11H,12H2,1H3. The van der Waals surface area contributed by atoms with Gasteiger partial charge in [0.15, 0.2) is 0 Å². The van der Waals surface area contributed by atoms with Crippen molar-refractivity contribution in [2.75, 3.05) is 0 Å². The second-order valence-electron chi connectivity index (χ2n) is 5.96. The van der Waals surface area contributed by atoms with Gasteiger partial charge in [0, 0.05) is 21.9 Å². The lowest BCUT2D eigenvalue weighted by Crippen LogP contribution is -2.01. The fourth-order valence-electron chi connectivity index (χ4n) is 3.01. The van der Waals surface area contributed by atoms with Crippen molar-refractivity contribution < 1.29 is 9.15 Å². The first-order chi connectivity index (χ1) is 12.1. The second-order valence-corrected chi connectivity index (χ2v) is 6.40. The zero-order chi connectivity index (χ0) is 17.4. The number of ether oxygens (including phenoxy) is 1. The molecular weight excluding hydrogens is 336 g/mol. The lowest BCUT2D eigenvalue weighted by molar-refractivity contribution is 0.306. The molecule has 1 heterocycles. The summed E-state index contributed by atoms with van der Waals surface area (Å²) in [6.45, 7) is 2.41. The van der Waals surface area contributed by atoms with Gasteiger partial charge in [0.1, 0.15) is 17.9 Å². The Bertz CT molecular complexity index is 1130. The van der Waals surface area contributed by atoms with Crippen LogP contribution in [0.2, 0.25) is 5.02 Å². The van der Waals surface area contributed by atoms with E-state index in [1.165, 1.54) is 0 Å². The van der Waals surface area contributed by atoms with Crippen LogP contribution in [0.5, 0.6) is 5.75 Å². The number of benzene rings is 3. The van der Waals surface area contributed by atoms with Gasteiger partial charge in [-0.25, -0.2) is 4.79 Å². The number of hydrogen-bond acceptors (Lipinski definition) is 3. The summed E-state index contributed by atoms with van der Waals surface area (Å²) in [5, 5.41) is 3.12. The molecule has 3 nitrogen and oxygen atoms in total. The Morgan fingerprint density at radius 1 is 1.00 bits per heavy atom. The molecule has 0 atom stereocenters. The van der Waals surface area contributed by atoms with Crippen LogP contribution in [-0.4, -0.2) is 0 Å². The molecule has 25 heavy (non-hydrogen) atoms. The SMILES string of the molecule is Cc1cc(OCc2ccc(Cl)cc2)cc2oc(=O)c3ccccc3c12. The molecule has 0 aliphatic rings. The summed E-state index contributed by atoms with van der Waals surface area (Å²) in [5.74, 6) is 0.665. The monoisotopic (exact) mass is 350 g/mol. The van der Waals surface area contributed by atoms with Gasteiger partial charge in [0.25, 0.3) is 0 Å². The van der Waals surface area contributed by atoms with Gasteiger partial charge in [-0.05, 0) is 42.3 Å². The Morgan fingerprint density at radius 3 is 2.48 bits per heavy atom. The third kappa shape index (κ3) is 2.99. The van der Waals surface area contributed by atoms with E-state index in [4.69, 9.17) is 20.8 Å². The maximum absolute atomic E-state index is 12.2. The van der Waals surface area contributed by atoms with Crippen LogP contribution in [0.3, 0.4) is 0 Å². The summed E-state index contributed by atoms with van der Waals surface area (Å²) in [7, 11) is 0. The maximum Gasteiger partial charge on any atom is 0.344 e. The molecule has 0 aliphatic heterocycles. The van der Waals surface area contributed by atoms with E-state index in [-0.39, 0.29) is 5.63 Å². The van der Waals surface area contributed by atoms with E-state index in [1.807, 2.05) is 55.5 Å². The Kier molecular flexibility index (Phi) is 3.94. The summed E-state index contributed by atoms with van der Waals surface area (Å²) < 4.78 is 11.4. The molecule has 4 rings (SSSR count). The molecule has 0 fully saturated rings. The number of halogens is 1. The molecule has 0 saturated heterocycles. The minimum Gasteiger partial charge on any atom is -0.489 e. The Labute approximate surface area is 149 Å². The van der Waals surface area contributed by atoms with Crippen LogP contribution in [0.4, 0.5) is 0 Å². The van der Waals surface area contributed by atoms with Crippen molar-refractivity contribution in [3.63, 3.8) is 0 Å². The first kappa shape index (κ1) is 15.7. The predicted molar refractivity (Wildman–Crippen MR) is 101 cm³/mol. The van der Waals surface area contributed by atoms with Gasteiger partial charge in [-0.2, -0.15) is 0 Å². The second kappa shape index (κ2) is 6.26. The van der Waals surface area contributed by atoms with Crippen molar-refractivity contribution in [3.05, 3.63) is 87.2 Å². The fraction of sp³-hybridized carbons (Fsp3) is 0.0952. The molecule has 3 aromatic carbocycles. The molecule has 0 bridgehead atoms. The van der Waals surface area contributed by atoms with Crippen LogP contribution in [0, 0.1) is 6.92 Å². The lowest BCUT2D eigenvalue weighted by Gasteiger charge is -2.10. The van der Waals surface area contributed by atoms with Gasteiger partial charge >= 0.3 is 5.63 Å². The number of hydrogen-bond donors (Lipinski definition) is 0. The molecular formula is C21H15ClO3. The largest absolute Gasteiger partial charge is 0.489 e. The molecule has 124 valence electrons. The minimum atomic E-state index is -0.336. The van der Waals surface area contributed by atoms with Crippen molar-refractivity contribution >= 4 is 33.3 Å². The van der Waals surface area contributed by atoms with Gasteiger partial charge < -0.3 is 9.15 Å². The van der Waals surface area contributed by atoms with Gasteiger partial charge in [-0.3, -0.25) is 0 Å². The molecule has 0 radical (unpaired) electrons. The average molecular weight is 351 g/mol. The highest BCUT2D eigenvalue weighted by Crippen LogP contribution is 2.30. The van der Waals surface area contributed by atoms with Crippen molar-refractivity contribution in [1.29, 1.82) is 0 Å². The third-order valence-electron chi connectivity index (χ3n) is 4.21. The Balaban J connectivity index is 1.75. The van der Waals surface area contributed by atoms with Crippen molar-refractivity contribution in [3.8, 4) is 5.75 Å². The van der Waals surface area contributed by atoms with Gasteiger partial charge in [-0.1, -0.05) is 41.9 Å². The van der Waals surface area contributed by atoms with E-state index in [9.17, 15) is 4.79 Å². The molecule has 1 aromatic heterocycles. The van der Waals surface area contributed by atoms with Crippen LogP contribution in [0.15, 0.2) is 69.9 Å². The molecule has 0 amide bonds. The average Bonchev–Trinajstić information content (AvgIpc) is 2.61. The minimum absolute atomic E-state index is 0.336. The highest BCUT2D eigenvalue weighted by Gasteiger charge is 2.11. The summed E-state index contributed by atoms with van der Waals surface area (Å²) in [6.07, 6.45) is 0. The molecule has 4 aromatic rings. The Morgan fingerprint density at radius 2 is 1.72 bits per heavy atom. The van der Waals surface area contributed by atoms with E-state index < -0.39 is 0 Å². The number of aryl methyl sites for hydroxylation is 1. The van der Waals surface area contributed by atoms with Crippen molar-refractivity contribution in [2.24, 2.45) is 0 Å². The lowest BCUT2D eigenvalue weighted by atomic mass is 10.0. The Hall–Kier alpha value is -2.78. The van der Waals surface area contributed by atoms with Crippen LogP contribution >= 0.6 is 11.6 Å². The maximum atomic E-state index is 12.2. The first-order valence-corrected chi connectivity index (χ1v) is 8.33. The smallest absolute Gasteiger partial charge is 0.344 e. The molecule has 0 unspecified atom stereocenters. The predicted octanol–water partition coefficient (Wildman–Crippen LogP) is 5.49. The highest BCUT2D eigenvalue weighted by atomic mass is 35.5. The first-order valence-electron chi connectivity index (χ1n) is 7.95. The van der Waals surface area contributed by atoms with Gasteiger partial charge in [-0.15, -0.1) is 0 Å². The molecule has 0 saturated carbocycles. The molecule has 0 N–H and O–H groups in total. The summed E-state index contributed by atoms with van der Waals surface area (Å²) in [4.78, 5) is 12.2. The molecule has 4 heteroatoms. The van der Waals surface area contributed by atoms with Crippen molar-refractivity contribution in [1.82, 2.24) is 0 Å². The fourth-order valence-corrected chi connectivity index (χ4v) is 3.14. The van der Waals surface area contributed by atoms with Crippen LogP contribution < -0.4 is 10.4 Å². The molecule has 0 aliphatic carbocycles. The van der Waals surface area contributed by atoms with E-state index in [2.05, 4.69) is 0 Å². The quantitative estimate of drug-likeness (QED) is 0.362. The van der Waals surface area contributed by atoms with E-state index in [0.29, 0.717) is 28.3 Å². The normalized spacial score (nSPS) is 11.1. The zero-order valence-electron chi connectivity index (χ0n) is 13.6. The third-order valence-corrected chi connectivity index (χ3v) is 4.46. The topological polar surface area (TPSA) is 39.4 Å². The van der Waals surface area contributed by atoms with E-state index in [1.54, 1.807) is 12.1 Å². The van der Waals surface area contributed by atoms with Crippen LogP contribution in [-0.2, 0) is 6.61 Å². The van der Waals surface area contributed by atoms with Crippen LogP contribution in [0.1, 0.15) is 11.1 Å². The van der Waals surface area contributed by atoms with E-state index in [0.717, 1.165) is 21.9 Å². The molecule has 0 spiro atoms. The summed E-state index contributed by atoms with van der Waals surface area (Å²) in [6, 6.07) is 18.7. The van der Waals surface area contributed by atoms with Crippen molar-refractivity contribution in [2.45, 2.75) is 13.5 Å². The van der Waals surface area contributed by atoms with E-state index >= 15 is 0 Å². The zero-order valence-corrected chi connectivity index (χ0v) is 14.3. The van der Waals surface area contributed by atoms with Gasteiger partial charge in [0.05, 0.1) is 5.39 Å². The van der Waals surface area contributed by atoms with Gasteiger partial charge in [0.2, 0.25) is 0 Å². The highest BCUT2D eigenvalue weighted by molar-refractivity contribution is 6.30. The number of fused-ring (bicyclic) bond motifs is 3. The summed E-state index contributed by atoms with van der Waals surface area (Å²) in [5.41, 5.74) is 2.22.